The molecule has 8 fully saturated rings. The summed E-state index contributed by atoms with van der Waals surface area (Å²) in [5.74, 6) is -5.38. The van der Waals surface area contributed by atoms with Crippen molar-refractivity contribution in [3.05, 3.63) is 140 Å². The largest absolute Gasteiger partial charge is 0.461 e. The number of aliphatic hydroxyl groups excluding tert-OH is 8. The fourth-order valence-corrected chi connectivity index (χ4v) is 27.5. The van der Waals surface area contributed by atoms with Crippen molar-refractivity contribution >= 4 is 58.9 Å². The molecule has 720 valence electrons. The van der Waals surface area contributed by atoms with E-state index in [1.165, 1.54) is 13.8 Å². The molecule has 0 aromatic carbocycles. The lowest BCUT2D eigenvalue weighted by atomic mass is 9.59. The lowest BCUT2D eigenvalue weighted by Gasteiger charge is -2.48. The molecule has 12 N–H and O–H groups in total. The van der Waals surface area contributed by atoms with Crippen LogP contribution in [0.1, 0.15) is 206 Å². The second-order valence-electron chi connectivity index (χ2n) is 43.6. The summed E-state index contributed by atoms with van der Waals surface area (Å²) in [6, 6.07) is 0. The van der Waals surface area contributed by atoms with Gasteiger partial charge in [0.05, 0.1) is 34.9 Å². The van der Waals surface area contributed by atoms with Crippen LogP contribution in [0.15, 0.2) is 140 Å². The predicted octanol–water partition coefficient (Wildman–Crippen LogP) is 9.43. The molecular weight excluding hydrogens is 1680 g/mol. The first kappa shape index (κ1) is 102. The minimum atomic E-state index is -2.13. The molecule has 131 heavy (non-hydrogen) atoms. The third-order valence-electron chi connectivity index (χ3n) is 35.8. The van der Waals surface area contributed by atoms with Crippen molar-refractivity contribution in [2.75, 3.05) is 26.4 Å². The first-order valence-electron chi connectivity index (χ1n) is 46.5. The Kier molecular flexibility index (Phi) is 27.0. The van der Waals surface area contributed by atoms with Crippen LogP contribution < -0.4 is 0 Å². The summed E-state index contributed by atoms with van der Waals surface area (Å²) in [7, 11) is 0. The number of carbonyl (C=O) groups excluding carboxylic acids is 10. The second-order valence-corrected chi connectivity index (χ2v) is 43.6. The van der Waals surface area contributed by atoms with E-state index in [0.29, 0.717) is 68.8 Å². The van der Waals surface area contributed by atoms with Crippen molar-refractivity contribution in [1.29, 1.82) is 0 Å². The minimum absolute atomic E-state index is 0.0113. The lowest BCUT2D eigenvalue weighted by Crippen LogP contribution is -2.65. The number of ether oxygens (including phenoxy) is 5. The van der Waals surface area contributed by atoms with Crippen molar-refractivity contribution in [2.45, 2.75) is 277 Å². The van der Waals surface area contributed by atoms with Crippen molar-refractivity contribution < 1.29 is 133 Å². The van der Waals surface area contributed by atoms with E-state index in [4.69, 9.17) is 18.9 Å². The summed E-state index contributed by atoms with van der Waals surface area (Å²) in [4.78, 5) is 127. The average molecular weight is 1820 g/mol. The highest BCUT2D eigenvalue weighted by atomic mass is 16.6. The molecule has 32 atom stereocenters. The number of fused-ring (bicyclic) bond motifs is 12. The Morgan fingerprint density at radius 1 is 0.351 bits per heavy atom. The number of esters is 6. The van der Waals surface area contributed by atoms with Crippen molar-refractivity contribution in [3.63, 3.8) is 0 Å². The number of aliphatic hydroxyl groups is 12. The Morgan fingerprint density at radius 3 is 0.824 bits per heavy atom. The van der Waals surface area contributed by atoms with Gasteiger partial charge in [-0.2, -0.15) is 0 Å². The van der Waals surface area contributed by atoms with Crippen LogP contribution in [0.2, 0.25) is 0 Å². The third-order valence-corrected chi connectivity index (χ3v) is 35.8. The van der Waals surface area contributed by atoms with Gasteiger partial charge in [-0.05, 0) is 246 Å². The van der Waals surface area contributed by atoms with E-state index < -0.39 is 166 Å². The van der Waals surface area contributed by atoms with Gasteiger partial charge >= 0.3 is 35.8 Å². The zero-order valence-electron chi connectivity index (χ0n) is 80.9. The van der Waals surface area contributed by atoms with E-state index in [1.54, 1.807) is 156 Å². The molecule has 4 spiro atoms. The Bertz CT molecular complexity index is 5130. The van der Waals surface area contributed by atoms with Gasteiger partial charge in [0.2, 0.25) is 0 Å². The van der Waals surface area contributed by atoms with E-state index >= 15 is 0 Å². The second kappa shape index (κ2) is 34.7. The first-order chi connectivity index (χ1) is 60.6. The van der Waals surface area contributed by atoms with E-state index in [0.717, 1.165) is 19.3 Å². The topological polar surface area (TPSA) is 460 Å². The molecule has 0 unspecified atom stereocenters. The molecule has 8 saturated carbocycles. The molecule has 0 aromatic rings. The summed E-state index contributed by atoms with van der Waals surface area (Å²) in [5, 5.41) is 135. The highest BCUT2D eigenvalue weighted by Crippen LogP contribution is 2.77. The number of ketones is 4. The summed E-state index contributed by atoms with van der Waals surface area (Å²) in [6.45, 7) is 46.2. The number of Topliss-reactive ketones (excluding diaryl/α,β-unsaturated/α-hetero) is 4. The summed E-state index contributed by atoms with van der Waals surface area (Å²) >= 11 is 0. The Morgan fingerprint density at radius 2 is 0.573 bits per heavy atom. The Balaban J connectivity index is 0.000000152. The van der Waals surface area contributed by atoms with E-state index in [1.807, 2.05) is 27.7 Å². The number of carbonyl (C=O) groups is 10. The van der Waals surface area contributed by atoms with E-state index in [2.05, 4.69) is 60.1 Å². The fourth-order valence-electron chi connectivity index (χ4n) is 27.5. The Hall–Kier alpha value is -7.90. The molecule has 0 aliphatic heterocycles. The first-order valence-corrected chi connectivity index (χ1v) is 46.5. The maximum absolute atomic E-state index is 14.4. The van der Waals surface area contributed by atoms with Gasteiger partial charge in [0.25, 0.3) is 0 Å². The summed E-state index contributed by atoms with van der Waals surface area (Å²) in [6.07, 6.45) is 11.8. The predicted molar refractivity (Wildman–Crippen MR) is 481 cm³/mol. The molecule has 16 aliphatic carbocycles. The molecule has 8 bridgehead atoms. The van der Waals surface area contributed by atoms with Gasteiger partial charge in [-0.25, -0.2) is 19.2 Å². The van der Waals surface area contributed by atoms with Crippen LogP contribution in [-0.4, -0.2) is 218 Å². The van der Waals surface area contributed by atoms with Crippen LogP contribution in [0.4, 0.5) is 0 Å². The molecule has 0 saturated heterocycles. The van der Waals surface area contributed by atoms with Gasteiger partial charge in [-0.3, -0.25) is 28.8 Å². The maximum atomic E-state index is 14.4. The highest BCUT2D eigenvalue weighted by molar-refractivity contribution is 6.02. The average Bonchev–Trinajstić information content (AvgIpc) is 1.50. The van der Waals surface area contributed by atoms with Crippen LogP contribution in [0.5, 0.6) is 0 Å². The maximum Gasteiger partial charge on any atom is 0.341 e. The van der Waals surface area contributed by atoms with Crippen LogP contribution >= 0.6 is 0 Å². The zero-order valence-corrected chi connectivity index (χ0v) is 80.9. The molecule has 0 aromatic heterocycles. The van der Waals surface area contributed by atoms with Crippen molar-refractivity contribution in [3.8, 4) is 0 Å². The third kappa shape index (κ3) is 14.7. The smallest absolute Gasteiger partial charge is 0.341 e. The molecule has 0 amide bonds. The molecule has 0 heterocycles. The van der Waals surface area contributed by atoms with Crippen LogP contribution in [0, 0.1) is 138 Å². The van der Waals surface area contributed by atoms with Crippen molar-refractivity contribution in [1.82, 2.24) is 0 Å². The monoisotopic (exact) mass is 1820 g/mol. The number of allylic oxidation sites excluding steroid dienone is 8. The van der Waals surface area contributed by atoms with Gasteiger partial charge in [-0.1, -0.05) is 156 Å². The van der Waals surface area contributed by atoms with Crippen LogP contribution in [-0.2, 0) is 71.6 Å². The molecule has 27 nitrogen and oxygen atoms in total. The minimum Gasteiger partial charge on any atom is -0.461 e. The number of hydrogen-bond donors (Lipinski definition) is 12. The van der Waals surface area contributed by atoms with Gasteiger partial charge in [-0.15, -0.1) is 0 Å². The highest BCUT2D eigenvalue weighted by Gasteiger charge is 2.82. The molecule has 16 aliphatic rings. The van der Waals surface area contributed by atoms with Crippen molar-refractivity contribution in [2.24, 2.45) is 138 Å². The van der Waals surface area contributed by atoms with E-state index in [9.17, 15) is 109 Å². The fraction of sp³-hybridized carbons (Fsp3) is 0.673. The number of rotatable bonds is 12. The molecule has 0 radical (unpaired) electrons. The Labute approximate surface area is 769 Å². The van der Waals surface area contributed by atoms with Gasteiger partial charge in [0.1, 0.15) is 61.0 Å². The van der Waals surface area contributed by atoms with Crippen LogP contribution in [0.25, 0.3) is 0 Å². The summed E-state index contributed by atoms with van der Waals surface area (Å²) in [5.41, 5.74) is -9.23. The lowest BCUT2D eigenvalue weighted by molar-refractivity contribution is -0.201. The SMILES string of the molecule is C/C=C(/C)C(=O)OC(=O)/C(C)=C\C.C/C=C(/C)C(=O)O[C@H]1C(C)=C[C@]23C(=O)[C@@H](C=C(CO)[C@@H](O)[C@]12O)[C@H]1[C@@H](C[C@H]3C)C1(C)C.C/C=C(/C)C(=O)O[C@H]1C(C)=C[C@]23C(=O)[C@@H](C=C(COC(C)=O)[C@@H](O)[C@]12O)[C@H]1[C@@H](C[C@H]3C)C1(C)C.CC(=O)OCC1=C[C@@H]2C(=O)[C@]3(C=C(C)[C@H](O)[C@@]3(O)[C@@H]1O)[C@H](C)C[C@@H]1[C@H]2C1(C)C.CC1=C[C@]23C(=O)[C@@H](C=C(CO)[C@@H](O)[C@]2(O)[C@H]1O)[C@H]1[C@@H](C[C@H]3C)C1(C)C. The summed E-state index contributed by atoms with van der Waals surface area (Å²) < 4.78 is 26.4. The zero-order chi connectivity index (χ0) is 98.2. The number of hydrogen-bond acceptors (Lipinski definition) is 27. The quantitative estimate of drug-likeness (QED) is 0.0284. The molecular formula is C104H142O27. The molecule has 16 rings (SSSR count). The van der Waals surface area contributed by atoms with E-state index in [-0.39, 0.29) is 134 Å². The van der Waals surface area contributed by atoms with Gasteiger partial charge < -0.3 is 85.0 Å². The van der Waals surface area contributed by atoms with Gasteiger partial charge in [0, 0.05) is 59.8 Å². The van der Waals surface area contributed by atoms with Gasteiger partial charge in [0.15, 0.2) is 46.5 Å². The normalized spacial score (nSPS) is 43.6. The van der Waals surface area contributed by atoms with Crippen LogP contribution in [0.3, 0.4) is 0 Å². The standard InChI is InChI=1S/C27H36O7.C25H34O6.C22H30O6.C20H28O5.C10H14O3/c1-8-13(2)24(31)34-23-14(3)11-26-15(4)9-19-20(25(19,6)7)18(22(26)30)10-17(12-33-16(5)28)21(29)27(23,26)32;1-7-12(2)22(29)31-21-13(3)10-24-14(4)8-17-18(23(17,5)6)16(20(24)28)9-15(11-26)19(27)25(21,24)30;1-10-8-21-11(2)6-15-16(20(15,4)5)14(19(21)26)7-13(9-28-12(3)23)18(25)22(21,27)17(10)24;1-9-7-19-10(2)5-13-14(18(13,3)4)12(17(19)24)6-11(8-21)16(23)20(19,25)15(9)22;1-5-7(3)9(11)13-10(12)8(4)6-2/h8,10-11,15,18-21,23,29,32H,9,12H2,1-7H3;7,9-10,14,16-19,21,26-27,30H,8,11H2,1-6H3;7-8,11,14-18,24-25,27H,6,9H2,1-5H3;6-7,10,12-16,21-23,25H,5,8H2,1-4H3;5-6H,1-4H3/b13-8-;12-7-;;;7-5-,8-6-/t15-,18+,19-,20+,21-,23+,26+,27+;14-,16+,17-,18+,19-,21+,24+,25+;11-,14+,15-,16+,17+,18-,21+,22-;10-,12+,13-,14+,15+,16-,19+,20-;/m1111./s1. The molecule has 27 heteroatoms.